The lowest BCUT2D eigenvalue weighted by atomic mass is 10.2. The molecule has 0 spiro atoms. The molecule has 0 aliphatic carbocycles. The Morgan fingerprint density at radius 2 is 2.23 bits per heavy atom. The zero-order chi connectivity index (χ0) is 16.1. The summed E-state index contributed by atoms with van der Waals surface area (Å²) in [5.74, 6) is 0.666. The minimum absolute atomic E-state index is 0.0651. The van der Waals surface area contributed by atoms with Gasteiger partial charge in [0.2, 0.25) is 11.8 Å². The fourth-order valence-electron chi connectivity index (χ4n) is 2.58. The fraction of sp³-hybridized carbons (Fsp3) is 0.600. The molecule has 1 saturated heterocycles. The van der Waals surface area contributed by atoms with Crippen molar-refractivity contribution >= 4 is 11.8 Å². The number of carbonyl (C=O) groups excluding carboxylic acids is 2. The molecule has 7 nitrogen and oxygen atoms in total. The Bertz CT molecular complexity index is 546. The molecule has 2 heterocycles. The van der Waals surface area contributed by atoms with E-state index in [4.69, 9.17) is 0 Å². The first-order chi connectivity index (χ1) is 10.5. The Kier molecular flexibility index (Phi) is 5.43. The van der Waals surface area contributed by atoms with Crippen LogP contribution in [0, 0.1) is 0 Å². The van der Waals surface area contributed by atoms with Gasteiger partial charge >= 0.3 is 0 Å². The molecule has 22 heavy (non-hydrogen) atoms. The highest BCUT2D eigenvalue weighted by Gasteiger charge is 2.31. The summed E-state index contributed by atoms with van der Waals surface area (Å²) in [6, 6.07) is 1.71. The summed E-state index contributed by atoms with van der Waals surface area (Å²) in [4.78, 5) is 35.9. The molecule has 1 aromatic heterocycles. The van der Waals surface area contributed by atoms with Gasteiger partial charge in [0.05, 0.1) is 24.8 Å². The first-order valence-electron chi connectivity index (χ1n) is 7.48. The maximum absolute atomic E-state index is 12.3. The zero-order valence-electron chi connectivity index (χ0n) is 13.4. The molecule has 2 amide bonds. The van der Waals surface area contributed by atoms with Gasteiger partial charge in [0, 0.05) is 19.7 Å². The van der Waals surface area contributed by atoms with Gasteiger partial charge in [0.25, 0.3) is 0 Å². The molecular weight excluding hydrogens is 282 g/mol. The second-order valence-corrected chi connectivity index (χ2v) is 5.80. The summed E-state index contributed by atoms with van der Waals surface area (Å²) in [5.41, 5.74) is 0.757. The molecule has 0 bridgehead atoms. The third-order valence-electron chi connectivity index (χ3n) is 3.57. The molecule has 0 saturated carbocycles. The highest BCUT2D eigenvalue weighted by molar-refractivity contribution is 5.79. The second-order valence-electron chi connectivity index (χ2n) is 5.80. The van der Waals surface area contributed by atoms with E-state index in [-0.39, 0.29) is 17.9 Å². The number of aromatic nitrogens is 2. The third-order valence-corrected chi connectivity index (χ3v) is 3.57. The summed E-state index contributed by atoms with van der Waals surface area (Å²) in [7, 11) is 3.76. The summed E-state index contributed by atoms with van der Waals surface area (Å²) in [5, 5.41) is 2.72. The number of hydrogen-bond acceptors (Lipinski definition) is 5. The van der Waals surface area contributed by atoms with Crippen LogP contribution in [-0.4, -0.2) is 58.8 Å². The van der Waals surface area contributed by atoms with E-state index in [0.29, 0.717) is 18.9 Å². The van der Waals surface area contributed by atoms with Crippen LogP contribution in [0.5, 0.6) is 0 Å². The summed E-state index contributed by atoms with van der Waals surface area (Å²) >= 11 is 0. The fourth-order valence-corrected chi connectivity index (χ4v) is 2.58. The predicted octanol–water partition coefficient (Wildman–Crippen LogP) is 0.338. The average molecular weight is 305 g/mol. The number of rotatable bonds is 5. The minimum Gasteiger partial charge on any atom is -0.351 e. The monoisotopic (exact) mass is 305 g/mol. The number of nitrogens with zero attached hydrogens (tertiary/aromatic N) is 4. The lowest BCUT2D eigenvalue weighted by Gasteiger charge is -2.25. The normalized spacial score (nSPS) is 17.8. The van der Waals surface area contributed by atoms with Gasteiger partial charge < -0.3 is 15.1 Å². The van der Waals surface area contributed by atoms with Gasteiger partial charge in [0.1, 0.15) is 0 Å². The Hall–Kier alpha value is -2.02. The van der Waals surface area contributed by atoms with Crippen LogP contribution in [0.4, 0.5) is 0 Å². The van der Waals surface area contributed by atoms with Crippen LogP contribution in [0.2, 0.25) is 0 Å². The van der Waals surface area contributed by atoms with Gasteiger partial charge in [-0.3, -0.25) is 9.59 Å². The van der Waals surface area contributed by atoms with Crippen LogP contribution in [-0.2, 0) is 16.1 Å². The summed E-state index contributed by atoms with van der Waals surface area (Å²) < 4.78 is 0. The lowest BCUT2D eigenvalue weighted by Crippen LogP contribution is -2.38. The maximum atomic E-state index is 12.3. The van der Waals surface area contributed by atoms with Crippen LogP contribution in [0.15, 0.2) is 12.3 Å². The van der Waals surface area contributed by atoms with Crippen LogP contribution < -0.4 is 5.32 Å². The van der Waals surface area contributed by atoms with Crippen molar-refractivity contribution < 1.29 is 9.59 Å². The second kappa shape index (κ2) is 7.31. The van der Waals surface area contributed by atoms with Gasteiger partial charge in [-0.2, -0.15) is 0 Å². The average Bonchev–Trinajstić information content (AvgIpc) is 2.94. The molecule has 1 N–H and O–H groups in total. The highest BCUT2D eigenvalue weighted by atomic mass is 16.2. The number of amides is 2. The lowest BCUT2D eigenvalue weighted by molar-refractivity contribution is -0.132. The van der Waals surface area contributed by atoms with E-state index in [9.17, 15) is 9.59 Å². The van der Waals surface area contributed by atoms with Crippen molar-refractivity contribution in [3.8, 4) is 0 Å². The van der Waals surface area contributed by atoms with E-state index in [1.54, 1.807) is 12.3 Å². The van der Waals surface area contributed by atoms with Crippen molar-refractivity contribution in [2.45, 2.75) is 32.4 Å². The summed E-state index contributed by atoms with van der Waals surface area (Å²) in [6.45, 7) is 2.99. The smallest absolute Gasteiger partial charge is 0.237 e. The quantitative estimate of drug-likeness (QED) is 0.848. The van der Waals surface area contributed by atoms with E-state index in [2.05, 4.69) is 15.3 Å². The van der Waals surface area contributed by atoms with Crippen LogP contribution >= 0.6 is 0 Å². The minimum atomic E-state index is -0.0937. The molecular formula is C15H23N5O2. The summed E-state index contributed by atoms with van der Waals surface area (Å²) in [6.07, 6.45) is 3.53. The van der Waals surface area contributed by atoms with Crippen LogP contribution in [0.3, 0.4) is 0 Å². The zero-order valence-corrected chi connectivity index (χ0v) is 13.4. The van der Waals surface area contributed by atoms with Crippen molar-refractivity contribution in [1.29, 1.82) is 0 Å². The molecule has 2 rings (SSSR count). The topological polar surface area (TPSA) is 78.4 Å². The Morgan fingerprint density at radius 3 is 2.91 bits per heavy atom. The number of nitrogens with one attached hydrogen (secondary N) is 1. The number of likely N-dealkylation sites (N-methyl/N-ethyl adjacent to an activating group) is 1. The molecule has 0 unspecified atom stereocenters. The van der Waals surface area contributed by atoms with Gasteiger partial charge in [-0.1, -0.05) is 0 Å². The van der Waals surface area contributed by atoms with E-state index in [0.717, 1.165) is 25.1 Å². The van der Waals surface area contributed by atoms with Crippen molar-refractivity contribution in [1.82, 2.24) is 25.1 Å². The molecule has 1 fully saturated rings. The van der Waals surface area contributed by atoms with Crippen LogP contribution in [0.25, 0.3) is 0 Å². The largest absolute Gasteiger partial charge is 0.351 e. The van der Waals surface area contributed by atoms with E-state index < -0.39 is 0 Å². The Balaban J connectivity index is 2.10. The van der Waals surface area contributed by atoms with Gasteiger partial charge in [-0.25, -0.2) is 9.97 Å². The third kappa shape index (κ3) is 4.24. The Morgan fingerprint density at radius 1 is 1.45 bits per heavy atom. The number of carbonyl (C=O) groups is 2. The number of likely N-dealkylation sites (tertiary alicyclic amines) is 1. The van der Waals surface area contributed by atoms with Gasteiger partial charge in [0.15, 0.2) is 5.82 Å². The molecule has 7 heteroatoms. The molecule has 120 valence electrons. The van der Waals surface area contributed by atoms with E-state index >= 15 is 0 Å². The molecule has 1 atom stereocenters. The van der Waals surface area contributed by atoms with E-state index in [1.165, 1.54) is 6.92 Å². The highest BCUT2D eigenvalue weighted by Crippen LogP contribution is 2.29. The molecule has 1 aliphatic rings. The first kappa shape index (κ1) is 16.4. The van der Waals surface area contributed by atoms with Gasteiger partial charge in [-0.05, 0) is 33.0 Å². The SMILES string of the molecule is CC(=O)NCc1ccnc([C@H]2CCCN2C(=O)CN(C)C)n1. The van der Waals surface area contributed by atoms with E-state index in [1.807, 2.05) is 23.9 Å². The van der Waals surface area contributed by atoms with Crippen molar-refractivity contribution in [3.63, 3.8) is 0 Å². The first-order valence-corrected chi connectivity index (χ1v) is 7.48. The van der Waals surface area contributed by atoms with Crippen LogP contribution in [0.1, 0.15) is 37.3 Å². The van der Waals surface area contributed by atoms with Crippen molar-refractivity contribution in [3.05, 3.63) is 23.8 Å². The molecule has 1 aliphatic heterocycles. The Labute approximate surface area is 130 Å². The van der Waals surface area contributed by atoms with Gasteiger partial charge in [-0.15, -0.1) is 0 Å². The predicted molar refractivity (Wildman–Crippen MR) is 81.8 cm³/mol. The standard InChI is InChI=1S/C15H23N5O2/c1-11(21)17-9-12-6-7-16-15(18-12)13-5-4-8-20(13)14(22)10-19(2)3/h6-7,13H,4-5,8-10H2,1-3H3,(H,17,21)/t13-/m1/s1. The number of hydrogen-bond donors (Lipinski definition) is 1. The molecule has 0 aromatic carbocycles. The molecule has 1 aromatic rings. The van der Waals surface area contributed by atoms with Crippen molar-refractivity contribution in [2.75, 3.05) is 27.2 Å². The molecule has 0 radical (unpaired) electrons. The maximum Gasteiger partial charge on any atom is 0.237 e. The van der Waals surface area contributed by atoms with Crippen molar-refractivity contribution in [2.24, 2.45) is 0 Å².